The van der Waals surface area contributed by atoms with E-state index in [9.17, 15) is 9.90 Å². The van der Waals surface area contributed by atoms with Crippen molar-refractivity contribution in [3.05, 3.63) is 42.0 Å². The first-order chi connectivity index (χ1) is 5.70. The Labute approximate surface area is 71.2 Å². The molecule has 0 atom stereocenters. The summed E-state index contributed by atoms with van der Waals surface area (Å²) in [5.74, 6) is -0.452. The van der Waals surface area contributed by atoms with E-state index >= 15 is 0 Å². The van der Waals surface area contributed by atoms with Gasteiger partial charge >= 0.3 is 0 Å². The minimum Gasteiger partial charge on any atom is -0.872 e. The van der Waals surface area contributed by atoms with E-state index in [1.807, 2.05) is 6.07 Å². The van der Waals surface area contributed by atoms with Gasteiger partial charge in [-0.2, -0.15) is 0 Å². The molecule has 0 aliphatic rings. The van der Waals surface area contributed by atoms with Crippen molar-refractivity contribution in [3.63, 3.8) is 0 Å². The molecule has 1 aromatic rings. The summed E-state index contributed by atoms with van der Waals surface area (Å²) in [4.78, 5) is 10.6. The second kappa shape index (κ2) is 3.72. The highest BCUT2D eigenvalue weighted by Crippen LogP contribution is 2.06. The lowest BCUT2D eigenvalue weighted by atomic mass is 10.1. The minimum atomic E-state index is -0.233. The van der Waals surface area contributed by atoms with Crippen LogP contribution in [-0.4, -0.2) is 5.78 Å². The van der Waals surface area contributed by atoms with Crippen LogP contribution >= 0.6 is 0 Å². The SMILES string of the molecule is CC(=O)/C=C(\[O-])c1ccccc1. The van der Waals surface area contributed by atoms with Gasteiger partial charge in [-0.1, -0.05) is 36.1 Å². The number of hydrogen-bond acceptors (Lipinski definition) is 2. The number of ketones is 1. The van der Waals surface area contributed by atoms with Crippen LogP contribution in [0.3, 0.4) is 0 Å². The van der Waals surface area contributed by atoms with Gasteiger partial charge in [-0.25, -0.2) is 0 Å². The summed E-state index contributed by atoms with van der Waals surface area (Å²) >= 11 is 0. The predicted molar refractivity (Wildman–Crippen MR) is 45.1 cm³/mol. The van der Waals surface area contributed by atoms with Crippen molar-refractivity contribution in [1.82, 2.24) is 0 Å². The van der Waals surface area contributed by atoms with E-state index < -0.39 is 0 Å². The summed E-state index contributed by atoms with van der Waals surface area (Å²) in [5, 5.41) is 11.2. The number of carbonyl (C=O) groups is 1. The lowest BCUT2D eigenvalue weighted by Gasteiger charge is -2.10. The largest absolute Gasteiger partial charge is 0.872 e. The molecule has 2 heteroatoms. The van der Waals surface area contributed by atoms with E-state index in [0.717, 1.165) is 6.08 Å². The molecule has 0 aromatic heterocycles. The van der Waals surface area contributed by atoms with Crippen molar-refractivity contribution in [2.24, 2.45) is 0 Å². The monoisotopic (exact) mass is 161 g/mol. The Kier molecular flexibility index (Phi) is 2.64. The molecule has 0 unspecified atom stereocenters. The maximum Gasteiger partial charge on any atom is 0.152 e. The minimum absolute atomic E-state index is 0.219. The van der Waals surface area contributed by atoms with Crippen molar-refractivity contribution < 1.29 is 9.90 Å². The van der Waals surface area contributed by atoms with Gasteiger partial charge in [0.15, 0.2) is 5.78 Å². The van der Waals surface area contributed by atoms with Crippen LogP contribution < -0.4 is 5.11 Å². The van der Waals surface area contributed by atoms with Crippen LogP contribution in [0, 0.1) is 0 Å². The smallest absolute Gasteiger partial charge is 0.152 e. The highest BCUT2D eigenvalue weighted by Gasteiger charge is 1.89. The fourth-order valence-electron chi connectivity index (χ4n) is 0.870. The molecule has 0 amide bonds. The average Bonchev–Trinajstić information content (AvgIpc) is 2.05. The average molecular weight is 161 g/mol. The first kappa shape index (κ1) is 8.53. The molecule has 0 saturated heterocycles. The number of hydrogen-bond donors (Lipinski definition) is 0. The third kappa shape index (κ3) is 2.23. The lowest BCUT2D eigenvalue weighted by molar-refractivity contribution is -0.243. The van der Waals surface area contributed by atoms with Crippen LogP contribution in [0.25, 0.3) is 5.76 Å². The number of rotatable bonds is 2. The van der Waals surface area contributed by atoms with Crippen molar-refractivity contribution in [1.29, 1.82) is 0 Å². The summed E-state index contributed by atoms with van der Waals surface area (Å²) in [6.45, 7) is 1.36. The molecule has 1 aromatic carbocycles. The molecular weight excluding hydrogens is 152 g/mol. The summed E-state index contributed by atoms with van der Waals surface area (Å²) < 4.78 is 0. The molecule has 0 aliphatic heterocycles. The van der Waals surface area contributed by atoms with E-state index in [1.54, 1.807) is 24.3 Å². The topological polar surface area (TPSA) is 40.1 Å². The highest BCUT2D eigenvalue weighted by molar-refractivity contribution is 5.93. The number of benzene rings is 1. The molecule has 12 heavy (non-hydrogen) atoms. The Morgan fingerprint density at radius 1 is 1.33 bits per heavy atom. The summed E-state index contributed by atoms with van der Waals surface area (Å²) in [7, 11) is 0. The molecule has 0 heterocycles. The molecule has 0 bridgehead atoms. The van der Waals surface area contributed by atoms with Gasteiger partial charge in [0.05, 0.1) is 0 Å². The van der Waals surface area contributed by atoms with Crippen molar-refractivity contribution >= 4 is 11.5 Å². The third-order valence-electron chi connectivity index (χ3n) is 1.39. The molecule has 62 valence electrons. The van der Waals surface area contributed by atoms with Crippen LogP contribution in [0.4, 0.5) is 0 Å². The van der Waals surface area contributed by atoms with E-state index in [-0.39, 0.29) is 11.5 Å². The van der Waals surface area contributed by atoms with Crippen LogP contribution in [0.15, 0.2) is 36.4 Å². The zero-order valence-electron chi connectivity index (χ0n) is 6.78. The van der Waals surface area contributed by atoms with Crippen LogP contribution in [0.5, 0.6) is 0 Å². The molecule has 0 spiro atoms. The summed E-state index contributed by atoms with van der Waals surface area (Å²) in [6, 6.07) is 8.72. The number of carbonyl (C=O) groups excluding carboxylic acids is 1. The maximum atomic E-state index is 11.2. The quantitative estimate of drug-likeness (QED) is 0.479. The van der Waals surface area contributed by atoms with E-state index in [1.165, 1.54) is 6.92 Å². The van der Waals surface area contributed by atoms with Crippen molar-refractivity contribution in [2.75, 3.05) is 0 Å². The lowest BCUT2D eigenvalue weighted by Crippen LogP contribution is -2.03. The van der Waals surface area contributed by atoms with Gasteiger partial charge in [0.1, 0.15) is 0 Å². The van der Waals surface area contributed by atoms with Crippen LogP contribution in [-0.2, 0) is 4.79 Å². The second-order valence-electron chi connectivity index (χ2n) is 2.49. The third-order valence-corrected chi connectivity index (χ3v) is 1.39. The van der Waals surface area contributed by atoms with Crippen LogP contribution in [0.2, 0.25) is 0 Å². The zero-order chi connectivity index (χ0) is 8.97. The van der Waals surface area contributed by atoms with Gasteiger partial charge in [0, 0.05) is 0 Å². The molecule has 0 aliphatic carbocycles. The van der Waals surface area contributed by atoms with Gasteiger partial charge in [-0.05, 0) is 18.6 Å². The van der Waals surface area contributed by atoms with E-state index in [2.05, 4.69) is 0 Å². The Morgan fingerprint density at radius 3 is 2.42 bits per heavy atom. The Balaban J connectivity index is 2.93. The van der Waals surface area contributed by atoms with E-state index in [0.29, 0.717) is 5.56 Å². The second-order valence-corrected chi connectivity index (χ2v) is 2.49. The van der Waals surface area contributed by atoms with Gasteiger partial charge < -0.3 is 5.11 Å². The first-order valence-corrected chi connectivity index (χ1v) is 3.65. The number of allylic oxidation sites excluding steroid dienone is 1. The predicted octanol–water partition coefficient (Wildman–Crippen LogP) is 0.977. The molecule has 2 nitrogen and oxygen atoms in total. The van der Waals surface area contributed by atoms with Gasteiger partial charge in [0.25, 0.3) is 0 Å². The highest BCUT2D eigenvalue weighted by atomic mass is 16.3. The van der Waals surface area contributed by atoms with Crippen LogP contribution in [0.1, 0.15) is 12.5 Å². The molecule has 0 fully saturated rings. The van der Waals surface area contributed by atoms with E-state index in [4.69, 9.17) is 0 Å². The Hall–Kier alpha value is -1.57. The van der Waals surface area contributed by atoms with Crippen molar-refractivity contribution in [2.45, 2.75) is 6.92 Å². The van der Waals surface area contributed by atoms with Gasteiger partial charge in [-0.15, -0.1) is 0 Å². The Morgan fingerprint density at radius 2 is 1.92 bits per heavy atom. The fourth-order valence-corrected chi connectivity index (χ4v) is 0.870. The molecule has 0 radical (unpaired) electrons. The molecule has 0 saturated carbocycles. The summed E-state index contributed by atoms with van der Waals surface area (Å²) in [6.07, 6.45) is 1.09. The normalized spacial score (nSPS) is 11.2. The zero-order valence-corrected chi connectivity index (χ0v) is 6.78. The first-order valence-electron chi connectivity index (χ1n) is 3.65. The molecule has 0 N–H and O–H groups in total. The standard InChI is InChI=1S/C10H10O2/c1-8(11)7-10(12)9-5-3-2-4-6-9/h2-7,12H,1H3/p-1/b10-7-. The molecular formula is C10H9O2-. The molecule has 1 rings (SSSR count). The Bertz CT molecular complexity index is 299. The fraction of sp³-hybridized carbons (Fsp3) is 0.100. The van der Waals surface area contributed by atoms with Gasteiger partial charge in [0.2, 0.25) is 0 Å². The van der Waals surface area contributed by atoms with Gasteiger partial charge in [-0.3, -0.25) is 4.79 Å². The van der Waals surface area contributed by atoms with Crippen molar-refractivity contribution in [3.8, 4) is 0 Å². The maximum absolute atomic E-state index is 11.2. The summed E-state index contributed by atoms with van der Waals surface area (Å²) in [5.41, 5.74) is 0.549.